The van der Waals surface area contributed by atoms with Crippen molar-refractivity contribution in [3.63, 3.8) is 0 Å². The molecule has 1 aliphatic heterocycles. The van der Waals surface area contributed by atoms with Crippen LogP contribution in [0.25, 0.3) is 11.4 Å². The third-order valence-corrected chi connectivity index (χ3v) is 4.79. The van der Waals surface area contributed by atoms with E-state index in [0.717, 1.165) is 38.4 Å². The summed E-state index contributed by atoms with van der Waals surface area (Å²) < 4.78 is 10.8. The van der Waals surface area contributed by atoms with E-state index in [1.165, 1.54) is 11.1 Å². The molecule has 1 aromatic heterocycles. The lowest BCUT2D eigenvalue weighted by Gasteiger charge is -2.27. The van der Waals surface area contributed by atoms with E-state index in [1.807, 2.05) is 30.3 Å². The predicted octanol–water partition coefficient (Wildman–Crippen LogP) is 3.83. The van der Waals surface area contributed by atoms with Crippen molar-refractivity contribution in [2.24, 2.45) is 0 Å². The minimum atomic E-state index is 0.395. The fourth-order valence-corrected chi connectivity index (χ4v) is 3.29. The van der Waals surface area contributed by atoms with E-state index in [0.29, 0.717) is 23.4 Å². The number of morpholine rings is 1. The van der Waals surface area contributed by atoms with E-state index in [4.69, 9.17) is 20.9 Å². The number of anilines is 1. The monoisotopic (exact) mass is 384 g/mol. The van der Waals surface area contributed by atoms with Gasteiger partial charge in [0.15, 0.2) is 0 Å². The lowest BCUT2D eigenvalue weighted by Crippen LogP contribution is -2.35. The number of ether oxygens (including phenoxy) is 1. The molecule has 140 valence electrons. The van der Waals surface area contributed by atoms with E-state index in [1.54, 1.807) is 0 Å². The average Bonchev–Trinajstić information content (AvgIpc) is 3.17. The quantitative estimate of drug-likeness (QED) is 0.696. The first-order valence-electron chi connectivity index (χ1n) is 8.98. The Hall–Kier alpha value is -2.41. The van der Waals surface area contributed by atoms with Gasteiger partial charge in [0.05, 0.1) is 13.2 Å². The zero-order valence-corrected chi connectivity index (χ0v) is 15.7. The molecule has 0 radical (unpaired) electrons. The maximum atomic E-state index is 6.03. The molecule has 0 saturated carbocycles. The third kappa shape index (κ3) is 4.66. The summed E-state index contributed by atoms with van der Waals surface area (Å²) in [5.74, 6) is 0.515. The van der Waals surface area contributed by atoms with Crippen LogP contribution in [0.15, 0.2) is 53.1 Å². The van der Waals surface area contributed by atoms with Crippen LogP contribution in [0.4, 0.5) is 6.01 Å². The van der Waals surface area contributed by atoms with Gasteiger partial charge in [-0.3, -0.25) is 4.90 Å². The Morgan fingerprint density at radius 1 is 1.04 bits per heavy atom. The molecule has 0 atom stereocenters. The molecule has 0 spiro atoms. The van der Waals surface area contributed by atoms with E-state index < -0.39 is 0 Å². The molecule has 3 aromatic rings. The number of hydrogen-bond acceptors (Lipinski definition) is 6. The Kier molecular flexibility index (Phi) is 5.67. The molecule has 1 fully saturated rings. The number of benzene rings is 2. The van der Waals surface area contributed by atoms with Gasteiger partial charge in [-0.05, 0) is 23.3 Å². The zero-order valence-electron chi connectivity index (χ0n) is 14.9. The number of nitrogens with zero attached hydrogens (tertiary/aromatic N) is 3. The average molecular weight is 385 g/mol. The molecule has 2 aromatic carbocycles. The van der Waals surface area contributed by atoms with Crippen LogP contribution in [0.5, 0.6) is 0 Å². The zero-order chi connectivity index (χ0) is 18.5. The van der Waals surface area contributed by atoms with Gasteiger partial charge in [0, 0.05) is 36.8 Å². The van der Waals surface area contributed by atoms with Gasteiger partial charge < -0.3 is 14.6 Å². The van der Waals surface area contributed by atoms with Crippen molar-refractivity contribution in [1.82, 2.24) is 15.0 Å². The fraction of sp³-hybridized carbons (Fsp3) is 0.300. The van der Waals surface area contributed by atoms with E-state index in [9.17, 15) is 0 Å². The summed E-state index contributed by atoms with van der Waals surface area (Å²) in [6, 6.07) is 16.2. The van der Waals surface area contributed by atoms with Crippen LogP contribution >= 0.6 is 11.6 Å². The second-order valence-electron chi connectivity index (χ2n) is 6.44. The third-order valence-electron chi connectivity index (χ3n) is 4.55. The number of hydrogen-bond donors (Lipinski definition) is 1. The summed E-state index contributed by atoms with van der Waals surface area (Å²) >= 11 is 6.03. The van der Waals surface area contributed by atoms with E-state index in [2.05, 4.69) is 38.6 Å². The first kappa shape index (κ1) is 18.0. The van der Waals surface area contributed by atoms with Crippen LogP contribution < -0.4 is 5.32 Å². The molecular weight excluding hydrogens is 364 g/mol. The minimum Gasteiger partial charge on any atom is -0.379 e. The van der Waals surface area contributed by atoms with Crippen molar-refractivity contribution in [3.8, 4) is 11.4 Å². The molecular formula is C20H21ClN4O2. The van der Waals surface area contributed by atoms with Crippen molar-refractivity contribution >= 4 is 17.6 Å². The van der Waals surface area contributed by atoms with E-state index >= 15 is 0 Å². The van der Waals surface area contributed by atoms with Crippen molar-refractivity contribution in [1.29, 1.82) is 0 Å². The maximum absolute atomic E-state index is 6.03. The lowest BCUT2D eigenvalue weighted by molar-refractivity contribution is 0.0341. The van der Waals surface area contributed by atoms with Crippen LogP contribution in [0.3, 0.4) is 0 Å². The van der Waals surface area contributed by atoms with Crippen LogP contribution in [-0.4, -0.2) is 41.3 Å². The first-order chi connectivity index (χ1) is 13.3. The molecule has 6 nitrogen and oxygen atoms in total. The first-order valence-corrected chi connectivity index (χ1v) is 9.36. The summed E-state index contributed by atoms with van der Waals surface area (Å²) in [6.45, 7) is 5.07. The highest BCUT2D eigenvalue weighted by atomic mass is 35.5. The lowest BCUT2D eigenvalue weighted by atomic mass is 10.1. The van der Waals surface area contributed by atoms with Crippen molar-refractivity contribution in [2.45, 2.75) is 13.1 Å². The molecule has 27 heavy (non-hydrogen) atoms. The smallest absolute Gasteiger partial charge is 0.322 e. The largest absolute Gasteiger partial charge is 0.379 e. The highest BCUT2D eigenvalue weighted by Crippen LogP contribution is 2.22. The Balaban J connectivity index is 1.42. The van der Waals surface area contributed by atoms with Crippen LogP contribution in [0.1, 0.15) is 11.1 Å². The van der Waals surface area contributed by atoms with Gasteiger partial charge in [-0.2, -0.15) is 4.98 Å². The molecule has 1 saturated heterocycles. The molecule has 0 amide bonds. The van der Waals surface area contributed by atoms with Gasteiger partial charge in [0.2, 0.25) is 5.82 Å². The summed E-state index contributed by atoms with van der Waals surface area (Å²) in [4.78, 5) is 6.82. The number of halogens is 1. The maximum Gasteiger partial charge on any atom is 0.322 e. The van der Waals surface area contributed by atoms with Crippen LogP contribution in [0, 0.1) is 0 Å². The molecule has 2 heterocycles. The van der Waals surface area contributed by atoms with Crippen molar-refractivity contribution < 1.29 is 9.26 Å². The van der Waals surface area contributed by atoms with Crippen molar-refractivity contribution in [3.05, 3.63) is 64.7 Å². The van der Waals surface area contributed by atoms with Crippen molar-refractivity contribution in [2.75, 3.05) is 31.6 Å². The normalized spacial score (nSPS) is 15.0. The number of nitrogens with one attached hydrogen (secondary N) is 1. The topological polar surface area (TPSA) is 63.4 Å². The molecule has 1 aliphatic rings. The molecule has 0 unspecified atom stereocenters. The highest BCUT2D eigenvalue weighted by Gasteiger charge is 2.13. The SMILES string of the molecule is Clc1cccc(-c2noc(NCc3ccccc3CN3CCOCC3)n2)c1. The molecule has 4 rings (SSSR count). The molecule has 0 aliphatic carbocycles. The Bertz CT molecular complexity index is 893. The van der Waals surface area contributed by atoms with Gasteiger partial charge in [0.25, 0.3) is 0 Å². The molecule has 0 bridgehead atoms. The van der Waals surface area contributed by atoms with E-state index in [-0.39, 0.29) is 0 Å². The second kappa shape index (κ2) is 8.52. The van der Waals surface area contributed by atoms with Gasteiger partial charge >= 0.3 is 6.01 Å². The Morgan fingerprint density at radius 3 is 2.67 bits per heavy atom. The standard InChI is InChI=1S/C20H21ClN4O2/c21-18-7-3-6-15(12-18)19-23-20(27-24-19)22-13-16-4-1-2-5-17(16)14-25-8-10-26-11-9-25/h1-7,12H,8-11,13-14H2,(H,22,23,24). The van der Waals surface area contributed by atoms with Gasteiger partial charge in [-0.1, -0.05) is 53.2 Å². The number of rotatable bonds is 6. The van der Waals surface area contributed by atoms with Crippen LogP contribution in [0.2, 0.25) is 5.02 Å². The Labute approximate surface area is 163 Å². The molecule has 1 N–H and O–H groups in total. The second-order valence-corrected chi connectivity index (χ2v) is 6.88. The number of aromatic nitrogens is 2. The summed E-state index contributed by atoms with van der Waals surface area (Å²) in [7, 11) is 0. The molecule has 7 heteroatoms. The summed E-state index contributed by atoms with van der Waals surface area (Å²) in [5, 5.41) is 7.90. The highest BCUT2D eigenvalue weighted by molar-refractivity contribution is 6.30. The van der Waals surface area contributed by atoms with Crippen LogP contribution in [-0.2, 0) is 17.8 Å². The fourth-order valence-electron chi connectivity index (χ4n) is 3.10. The summed E-state index contributed by atoms with van der Waals surface area (Å²) in [5.41, 5.74) is 3.33. The van der Waals surface area contributed by atoms with Gasteiger partial charge in [-0.25, -0.2) is 0 Å². The van der Waals surface area contributed by atoms with Gasteiger partial charge in [-0.15, -0.1) is 0 Å². The van der Waals surface area contributed by atoms with Gasteiger partial charge in [0.1, 0.15) is 0 Å². The minimum absolute atomic E-state index is 0.395. The predicted molar refractivity (Wildman–Crippen MR) is 105 cm³/mol. The Morgan fingerprint density at radius 2 is 1.85 bits per heavy atom. The summed E-state index contributed by atoms with van der Waals surface area (Å²) in [6.07, 6.45) is 0.